The van der Waals surface area contributed by atoms with Gasteiger partial charge in [-0.1, -0.05) is 34.1 Å². The number of halogens is 1. The molecule has 0 bridgehead atoms. The van der Waals surface area contributed by atoms with Gasteiger partial charge in [0.1, 0.15) is 0 Å². The molecule has 0 radical (unpaired) electrons. The van der Waals surface area contributed by atoms with E-state index in [1.54, 1.807) is 14.2 Å². The van der Waals surface area contributed by atoms with Crippen molar-refractivity contribution >= 4 is 21.9 Å². The van der Waals surface area contributed by atoms with Crippen molar-refractivity contribution in [2.75, 3.05) is 34.4 Å². The van der Waals surface area contributed by atoms with Crippen molar-refractivity contribution in [3.8, 4) is 0 Å². The minimum absolute atomic E-state index is 0.762. The zero-order chi connectivity index (χ0) is 14.1. The number of nitrogens with one attached hydrogen (secondary N) is 1. The summed E-state index contributed by atoms with van der Waals surface area (Å²) >= 11 is 3.57. The van der Waals surface area contributed by atoms with Gasteiger partial charge in [-0.2, -0.15) is 0 Å². The summed E-state index contributed by atoms with van der Waals surface area (Å²) in [5.41, 5.74) is 1.24. The number of hydrogen-bond acceptors (Lipinski definition) is 2. The fourth-order valence-electron chi connectivity index (χ4n) is 1.76. The van der Waals surface area contributed by atoms with Crippen molar-refractivity contribution in [2.45, 2.75) is 13.0 Å². The second kappa shape index (κ2) is 8.93. The number of benzene rings is 1. The predicted molar refractivity (Wildman–Crippen MR) is 83.5 cm³/mol. The highest BCUT2D eigenvalue weighted by Crippen LogP contribution is 2.17. The van der Waals surface area contributed by atoms with E-state index in [4.69, 9.17) is 4.74 Å². The number of hydrogen-bond donors (Lipinski definition) is 1. The standard InChI is InChI=1S/C14H22BrN3O/c1-16-14(17-9-6-10-19-3)18(2)11-12-7-4-5-8-13(12)15/h4-5,7-8H,6,9-11H2,1-3H3,(H,16,17). The Bertz CT molecular complexity index is 409. The number of methoxy groups -OCH3 is 1. The molecule has 0 spiro atoms. The monoisotopic (exact) mass is 327 g/mol. The van der Waals surface area contributed by atoms with Crippen LogP contribution in [0.1, 0.15) is 12.0 Å². The van der Waals surface area contributed by atoms with E-state index in [0.717, 1.165) is 36.5 Å². The fourth-order valence-corrected chi connectivity index (χ4v) is 2.17. The van der Waals surface area contributed by atoms with Crippen molar-refractivity contribution in [2.24, 2.45) is 4.99 Å². The second-order valence-electron chi connectivity index (χ2n) is 4.27. The zero-order valence-electron chi connectivity index (χ0n) is 11.8. The number of aliphatic imine (C=N–C) groups is 1. The summed E-state index contributed by atoms with van der Waals surface area (Å²) in [5, 5.41) is 3.32. The van der Waals surface area contributed by atoms with E-state index in [2.05, 4.69) is 43.3 Å². The highest BCUT2D eigenvalue weighted by Gasteiger charge is 2.07. The maximum atomic E-state index is 5.03. The largest absolute Gasteiger partial charge is 0.385 e. The van der Waals surface area contributed by atoms with Gasteiger partial charge < -0.3 is 15.0 Å². The normalized spacial score (nSPS) is 11.5. The van der Waals surface area contributed by atoms with E-state index in [1.807, 2.05) is 19.2 Å². The molecular formula is C14H22BrN3O. The van der Waals surface area contributed by atoms with Gasteiger partial charge in [-0.05, 0) is 18.1 Å². The topological polar surface area (TPSA) is 36.9 Å². The first-order valence-electron chi connectivity index (χ1n) is 6.33. The first-order valence-corrected chi connectivity index (χ1v) is 7.12. The van der Waals surface area contributed by atoms with E-state index in [9.17, 15) is 0 Å². The molecule has 0 unspecified atom stereocenters. The minimum atomic E-state index is 0.762. The number of nitrogens with zero attached hydrogens (tertiary/aromatic N) is 2. The Morgan fingerprint density at radius 1 is 1.42 bits per heavy atom. The molecule has 1 rings (SSSR count). The molecule has 0 saturated carbocycles. The maximum absolute atomic E-state index is 5.03. The zero-order valence-corrected chi connectivity index (χ0v) is 13.4. The number of ether oxygens (including phenoxy) is 1. The van der Waals surface area contributed by atoms with Crippen LogP contribution in [0.3, 0.4) is 0 Å². The predicted octanol–water partition coefficient (Wildman–Crippen LogP) is 2.49. The summed E-state index contributed by atoms with van der Waals surface area (Å²) in [6, 6.07) is 8.23. The molecule has 0 atom stereocenters. The molecule has 0 aromatic heterocycles. The molecule has 5 heteroatoms. The molecule has 4 nitrogen and oxygen atoms in total. The highest BCUT2D eigenvalue weighted by molar-refractivity contribution is 9.10. The lowest BCUT2D eigenvalue weighted by Crippen LogP contribution is -2.39. The Hall–Kier alpha value is -1.07. The van der Waals surface area contributed by atoms with Crippen LogP contribution in [0.5, 0.6) is 0 Å². The Balaban J connectivity index is 2.50. The lowest BCUT2D eigenvalue weighted by molar-refractivity contribution is 0.195. The van der Waals surface area contributed by atoms with Crippen molar-refractivity contribution in [1.82, 2.24) is 10.2 Å². The third-order valence-electron chi connectivity index (χ3n) is 2.75. The third kappa shape index (κ3) is 5.61. The van der Waals surface area contributed by atoms with Gasteiger partial charge in [-0.15, -0.1) is 0 Å². The quantitative estimate of drug-likeness (QED) is 0.495. The first kappa shape index (κ1) is 16.0. The summed E-state index contributed by atoms with van der Waals surface area (Å²) < 4.78 is 6.15. The Kier molecular flexibility index (Phi) is 7.52. The molecule has 0 aliphatic carbocycles. The van der Waals surface area contributed by atoms with Gasteiger partial charge in [0.15, 0.2) is 5.96 Å². The SMILES string of the molecule is CN=C(NCCCOC)N(C)Cc1ccccc1Br. The van der Waals surface area contributed by atoms with Crippen LogP contribution in [0, 0.1) is 0 Å². The molecule has 0 fully saturated rings. The van der Waals surface area contributed by atoms with E-state index in [-0.39, 0.29) is 0 Å². The molecule has 0 amide bonds. The molecule has 0 saturated heterocycles. The van der Waals surface area contributed by atoms with Crippen LogP contribution in [0.25, 0.3) is 0 Å². The lowest BCUT2D eigenvalue weighted by Gasteiger charge is -2.22. The second-order valence-corrected chi connectivity index (χ2v) is 5.12. The average molecular weight is 328 g/mol. The minimum Gasteiger partial charge on any atom is -0.385 e. The molecule has 1 aromatic carbocycles. The van der Waals surface area contributed by atoms with E-state index in [0.29, 0.717) is 0 Å². The molecule has 106 valence electrons. The van der Waals surface area contributed by atoms with E-state index in [1.165, 1.54) is 5.56 Å². The van der Waals surface area contributed by atoms with Gasteiger partial charge in [0, 0.05) is 45.4 Å². The molecule has 0 heterocycles. The van der Waals surface area contributed by atoms with Gasteiger partial charge in [0.25, 0.3) is 0 Å². The fraction of sp³-hybridized carbons (Fsp3) is 0.500. The summed E-state index contributed by atoms with van der Waals surface area (Å²) in [5.74, 6) is 0.895. The van der Waals surface area contributed by atoms with Crippen LogP contribution in [-0.2, 0) is 11.3 Å². The highest BCUT2D eigenvalue weighted by atomic mass is 79.9. The summed E-state index contributed by atoms with van der Waals surface area (Å²) in [7, 11) is 5.55. The molecule has 0 aliphatic heterocycles. The third-order valence-corrected chi connectivity index (χ3v) is 3.52. The smallest absolute Gasteiger partial charge is 0.193 e. The van der Waals surface area contributed by atoms with Crippen molar-refractivity contribution in [3.63, 3.8) is 0 Å². The van der Waals surface area contributed by atoms with E-state index >= 15 is 0 Å². The Morgan fingerprint density at radius 2 is 2.16 bits per heavy atom. The van der Waals surface area contributed by atoms with Crippen LogP contribution in [0.15, 0.2) is 33.7 Å². The summed E-state index contributed by atoms with van der Waals surface area (Å²) in [6.07, 6.45) is 0.971. The van der Waals surface area contributed by atoms with Crippen LogP contribution in [0.2, 0.25) is 0 Å². The Labute approximate surface area is 124 Å². The first-order chi connectivity index (χ1) is 9.19. The number of guanidine groups is 1. The Morgan fingerprint density at radius 3 is 2.79 bits per heavy atom. The van der Waals surface area contributed by atoms with Crippen molar-refractivity contribution in [1.29, 1.82) is 0 Å². The molecule has 19 heavy (non-hydrogen) atoms. The summed E-state index contributed by atoms with van der Waals surface area (Å²) in [6.45, 7) is 2.43. The summed E-state index contributed by atoms with van der Waals surface area (Å²) in [4.78, 5) is 6.39. The van der Waals surface area contributed by atoms with Crippen LogP contribution >= 0.6 is 15.9 Å². The molecule has 1 aromatic rings. The van der Waals surface area contributed by atoms with Gasteiger partial charge in [-0.25, -0.2) is 0 Å². The van der Waals surface area contributed by atoms with E-state index < -0.39 is 0 Å². The van der Waals surface area contributed by atoms with Crippen LogP contribution in [0.4, 0.5) is 0 Å². The maximum Gasteiger partial charge on any atom is 0.193 e. The molecular weight excluding hydrogens is 306 g/mol. The lowest BCUT2D eigenvalue weighted by atomic mass is 10.2. The van der Waals surface area contributed by atoms with Crippen molar-refractivity contribution in [3.05, 3.63) is 34.3 Å². The average Bonchev–Trinajstić information content (AvgIpc) is 2.41. The van der Waals surface area contributed by atoms with Gasteiger partial charge in [0.05, 0.1) is 0 Å². The molecule has 1 N–H and O–H groups in total. The van der Waals surface area contributed by atoms with Gasteiger partial charge in [-0.3, -0.25) is 4.99 Å². The van der Waals surface area contributed by atoms with Crippen LogP contribution in [-0.4, -0.2) is 45.2 Å². The van der Waals surface area contributed by atoms with Crippen LogP contribution < -0.4 is 5.32 Å². The van der Waals surface area contributed by atoms with Crippen molar-refractivity contribution < 1.29 is 4.74 Å². The number of rotatable bonds is 6. The van der Waals surface area contributed by atoms with Gasteiger partial charge in [0.2, 0.25) is 0 Å². The van der Waals surface area contributed by atoms with Gasteiger partial charge >= 0.3 is 0 Å². The molecule has 0 aliphatic rings.